The molecule has 152 valence electrons. The van der Waals surface area contributed by atoms with Crippen molar-refractivity contribution >= 4 is 33.8 Å². The molecule has 0 saturated carbocycles. The molecule has 1 heterocycles. The van der Waals surface area contributed by atoms with E-state index in [1.807, 2.05) is 0 Å². The van der Waals surface area contributed by atoms with E-state index >= 15 is 0 Å². The minimum Gasteiger partial charge on any atom is -0.424 e. The topological polar surface area (TPSA) is 80.5 Å². The summed E-state index contributed by atoms with van der Waals surface area (Å²) < 4.78 is 6.64. The quantitative estimate of drug-likeness (QED) is 0.390. The molecule has 0 aliphatic rings. The van der Waals surface area contributed by atoms with Crippen LogP contribution in [0.3, 0.4) is 0 Å². The van der Waals surface area contributed by atoms with Crippen LogP contribution in [0, 0.1) is 0 Å². The summed E-state index contributed by atoms with van der Waals surface area (Å²) in [5, 5.41) is 0. The summed E-state index contributed by atoms with van der Waals surface area (Å²) in [6, 6.07) is 24.4. The number of hydrogen-bond donors (Lipinski definition) is 0. The van der Waals surface area contributed by atoms with Crippen molar-refractivity contribution in [3.63, 3.8) is 0 Å². The van der Waals surface area contributed by atoms with Crippen LogP contribution < -0.4 is 10.5 Å². The zero-order chi connectivity index (χ0) is 21.8. The summed E-state index contributed by atoms with van der Waals surface area (Å²) in [6.45, 7) is 0. The van der Waals surface area contributed by atoms with Gasteiger partial charge in [0.2, 0.25) is 0 Å². The van der Waals surface area contributed by atoms with E-state index in [-0.39, 0.29) is 16.9 Å². The first-order chi connectivity index (χ1) is 15.0. The maximum absolute atomic E-state index is 13.3. The van der Waals surface area contributed by atoms with Gasteiger partial charge in [-0.1, -0.05) is 64.5 Å². The highest BCUT2D eigenvalue weighted by molar-refractivity contribution is 9.10. The Morgan fingerprint density at radius 1 is 0.774 bits per heavy atom. The van der Waals surface area contributed by atoms with Crippen molar-refractivity contribution in [2.75, 3.05) is 4.90 Å². The van der Waals surface area contributed by atoms with Crippen LogP contribution in [-0.4, -0.2) is 16.8 Å². The number of amides is 2. The molecule has 31 heavy (non-hydrogen) atoms. The SMILES string of the molecule is O=C(c1ccccc1)N(C(=O)c1ccccc1)c1nc(=O)cc(-c2ccc(Br)cc2)o1. The van der Waals surface area contributed by atoms with Gasteiger partial charge >= 0.3 is 6.01 Å². The van der Waals surface area contributed by atoms with Crippen LogP contribution in [0.5, 0.6) is 0 Å². The van der Waals surface area contributed by atoms with E-state index in [1.54, 1.807) is 84.9 Å². The van der Waals surface area contributed by atoms with Crippen LogP contribution in [0.15, 0.2) is 105 Å². The van der Waals surface area contributed by atoms with Crippen molar-refractivity contribution in [1.82, 2.24) is 4.98 Å². The second-order valence-corrected chi connectivity index (χ2v) is 7.44. The van der Waals surface area contributed by atoms with Gasteiger partial charge in [-0.15, -0.1) is 0 Å². The lowest BCUT2D eigenvalue weighted by atomic mass is 10.1. The number of halogens is 1. The fraction of sp³-hybridized carbons (Fsp3) is 0. The molecule has 0 N–H and O–H groups in total. The van der Waals surface area contributed by atoms with Gasteiger partial charge in [0.1, 0.15) is 5.76 Å². The molecule has 4 aromatic rings. The Hall–Kier alpha value is -3.84. The summed E-state index contributed by atoms with van der Waals surface area (Å²) in [4.78, 5) is 43.5. The lowest BCUT2D eigenvalue weighted by molar-refractivity contribution is 0.0889. The zero-order valence-electron chi connectivity index (χ0n) is 16.1. The van der Waals surface area contributed by atoms with Gasteiger partial charge in [-0.05, 0) is 36.4 Å². The predicted molar refractivity (Wildman–Crippen MR) is 120 cm³/mol. The molecule has 0 bridgehead atoms. The molecule has 7 heteroatoms. The Bertz CT molecular complexity index is 1240. The molecule has 0 aliphatic carbocycles. The maximum atomic E-state index is 13.3. The number of benzene rings is 3. The first-order valence-corrected chi connectivity index (χ1v) is 10.1. The number of carbonyl (C=O) groups is 2. The van der Waals surface area contributed by atoms with Crippen LogP contribution in [0.4, 0.5) is 6.01 Å². The normalized spacial score (nSPS) is 10.5. The van der Waals surface area contributed by atoms with E-state index in [4.69, 9.17) is 4.42 Å². The Labute approximate surface area is 185 Å². The largest absolute Gasteiger partial charge is 0.424 e. The lowest BCUT2D eigenvalue weighted by Gasteiger charge is -2.19. The standard InChI is InChI=1S/C24H15BrN2O4/c25-19-13-11-16(12-14-19)20-15-21(28)26-24(31-20)27(22(29)17-7-3-1-4-8-17)23(30)18-9-5-2-6-10-18/h1-15H. The average molecular weight is 475 g/mol. The number of anilines is 1. The highest BCUT2D eigenvalue weighted by Crippen LogP contribution is 2.25. The van der Waals surface area contributed by atoms with E-state index in [9.17, 15) is 14.4 Å². The van der Waals surface area contributed by atoms with Crippen molar-refractivity contribution in [3.05, 3.63) is 117 Å². The van der Waals surface area contributed by atoms with Gasteiger partial charge in [-0.3, -0.25) is 14.4 Å². The highest BCUT2D eigenvalue weighted by Gasteiger charge is 2.30. The third-order valence-corrected chi connectivity index (χ3v) is 4.96. The van der Waals surface area contributed by atoms with Gasteiger partial charge in [0.05, 0.1) is 0 Å². The smallest absolute Gasteiger partial charge is 0.315 e. The summed E-state index contributed by atoms with van der Waals surface area (Å²) in [5.74, 6) is -1.12. The highest BCUT2D eigenvalue weighted by atomic mass is 79.9. The number of nitrogens with zero attached hydrogens (tertiary/aromatic N) is 2. The van der Waals surface area contributed by atoms with Crippen molar-refractivity contribution in [3.8, 4) is 11.3 Å². The molecule has 0 saturated heterocycles. The molecule has 6 nitrogen and oxygen atoms in total. The Kier molecular flexibility index (Phi) is 5.86. The van der Waals surface area contributed by atoms with Gasteiger partial charge in [0.15, 0.2) is 0 Å². The predicted octanol–water partition coefficient (Wildman–Crippen LogP) is 4.95. The summed E-state index contributed by atoms with van der Waals surface area (Å²) in [6.07, 6.45) is 0. The summed E-state index contributed by atoms with van der Waals surface area (Å²) >= 11 is 3.36. The first-order valence-electron chi connectivity index (χ1n) is 9.30. The monoisotopic (exact) mass is 474 g/mol. The number of hydrogen-bond acceptors (Lipinski definition) is 5. The van der Waals surface area contributed by atoms with Gasteiger partial charge in [-0.2, -0.15) is 9.88 Å². The fourth-order valence-electron chi connectivity index (χ4n) is 2.93. The Morgan fingerprint density at radius 3 is 1.81 bits per heavy atom. The van der Waals surface area contributed by atoms with Crippen LogP contribution in [0.2, 0.25) is 0 Å². The number of rotatable bonds is 4. The molecule has 0 fully saturated rings. The van der Waals surface area contributed by atoms with Crippen LogP contribution in [-0.2, 0) is 0 Å². The number of imide groups is 1. The van der Waals surface area contributed by atoms with Crippen LogP contribution in [0.1, 0.15) is 20.7 Å². The van der Waals surface area contributed by atoms with Crippen molar-refractivity contribution in [1.29, 1.82) is 0 Å². The van der Waals surface area contributed by atoms with E-state index in [0.717, 1.165) is 9.37 Å². The third-order valence-electron chi connectivity index (χ3n) is 4.43. The Morgan fingerprint density at radius 2 is 1.29 bits per heavy atom. The van der Waals surface area contributed by atoms with E-state index in [1.165, 1.54) is 6.07 Å². The van der Waals surface area contributed by atoms with Crippen LogP contribution >= 0.6 is 15.9 Å². The van der Waals surface area contributed by atoms with Crippen molar-refractivity contribution in [2.24, 2.45) is 0 Å². The molecular formula is C24H15BrN2O4. The minimum absolute atomic E-state index is 0.189. The zero-order valence-corrected chi connectivity index (χ0v) is 17.7. The molecule has 0 radical (unpaired) electrons. The fourth-order valence-corrected chi connectivity index (χ4v) is 3.19. The number of aromatic nitrogens is 1. The van der Waals surface area contributed by atoms with E-state index in [0.29, 0.717) is 5.56 Å². The molecule has 1 aromatic heterocycles. The van der Waals surface area contributed by atoms with Gasteiger partial charge in [-0.25, -0.2) is 0 Å². The molecule has 4 rings (SSSR count). The molecule has 0 unspecified atom stereocenters. The van der Waals surface area contributed by atoms with Gasteiger partial charge < -0.3 is 4.42 Å². The summed E-state index contributed by atoms with van der Waals surface area (Å²) in [7, 11) is 0. The van der Waals surface area contributed by atoms with Crippen LogP contribution in [0.25, 0.3) is 11.3 Å². The maximum Gasteiger partial charge on any atom is 0.315 e. The average Bonchev–Trinajstić information content (AvgIpc) is 2.80. The first kappa shape index (κ1) is 20.4. The van der Waals surface area contributed by atoms with Crippen molar-refractivity contribution in [2.45, 2.75) is 0 Å². The minimum atomic E-state index is -0.655. The van der Waals surface area contributed by atoms with Gasteiger partial charge in [0, 0.05) is 27.2 Å². The molecule has 0 aliphatic heterocycles. The molecular weight excluding hydrogens is 460 g/mol. The van der Waals surface area contributed by atoms with Crippen molar-refractivity contribution < 1.29 is 14.0 Å². The Balaban J connectivity index is 1.85. The summed E-state index contributed by atoms with van der Waals surface area (Å²) in [5.41, 5.74) is 0.477. The lowest BCUT2D eigenvalue weighted by Crippen LogP contribution is -2.38. The van der Waals surface area contributed by atoms with Gasteiger partial charge in [0.25, 0.3) is 17.4 Å². The second kappa shape index (κ2) is 8.89. The van der Waals surface area contributed by atoms with E-state index in [2.05, 4.69) is 20.9 Å². The second-order valence-electron chi connectivity index (χ2n) is 6.53. The molecule has 0 atom stereocenters. The van der Waals surface area contributed by atoms with E-state index < -0.39 is 23.4 Å². The molecule has 2 amide bonds. The molecule has 0 spiro atoms. The number of carbonyl (C=O) groups excluding carboxylic acids is 2. The third kappa shape index (κ3) is 4.51. The molecule has 3 aromatic carbocycles.